The average molecular weight is 872 g/mol. The van der Waals surface area contributed by atoms with Crippen molar-refractivity contribution in [2.75, 3.05) is 0 Å². The molecule has 69 heavy (non-hydrogen) atoms. The Morgan fingerprint density at radius 3 is 1.39 bits per heavy atom. The number of rotatable bonds is 4. The molecule has 0 saturated heterocycles. The zero-order valence-electron chi connectivity index (χ0n) is 37.6. The molecule has 14 aromatic carbocycles. The molecule has 0 aliphatic carbocycles. The molecule has 0 aliphatic rings. The highest BCUT2D eigenvalue weighted by Crippen LogP contribution is 2.48. The number of aromatic nitrogens is 1. The zero-order chi connectivity index (χ0) is 45.2. The van der Waals surface area contributed by atoms with E-state index in [0.717, 1.165) is 0 Å². The first-order chi connectivity index (χ1) is 34.2. The number of nitrogens with zero attached hydrogens (tertiary/aromatic N) is 1. The summed E-state index contributed by atoms with van der Waals surface area (Å²) in [6, 6.07) is 92.9. The molecule has 1 nitrogen and oxygen atoms in total. The Bertz CT molecular complexity index is 4560. The smallest absolute Gasteiger partial charge is 0.0548 e. The SMILES string of the molecule is c1ccc(-c2c3ccccc3c(-c3cccc4cc5c(-n6c7ccc8ccccc8c7c7c8ccccc8ccc76)cccc5cc34)c3ccc(-c4cccc5cc6ccccc6cc45)cc23)cc1. The van der Waals surface area contributed by atoms with Gasteiger partial charge < -0.3 is 4.57 Å². The van der Waals surface area contributed by atoms with Gasteiger partial charge in [-0.05, 0) is 163 Å². The molecule has 0 spiro atoms. The first-order valence-corrected chi connectivity index (χ1v) is 24.0. The van der Waals surface area contributed by atoms with Crippen molar-refractivity contribution in [3.63, 3.8) is 0 Å². The van der Waals surface area contributed by atoms with E-state index < -0.39 is 0 Å². The Kier molecular flexibility index (Phi) is 8.13. The Labute approximate surface area is 398 Å². The number of fused-ring (bicyclic) bond motifs is 13. The van der Waals surface area contributed by atoms with Gasteiger partial charge in [-0.1, -0.05) is 200 Å². The van der Waals surface area contributed by atoms with Crippen LogP contribution in [0.15, 0.2) is 249 Å². The van der Waals surface area contributed by atoms with E-state index in [2.05, 4.69) is 253 Å². The second-order valence-electron chi connectivity index (χ2n) is 18.7. The molecular formula is C68H41N. The lowest BCUT2D eigenvalue weighted by Gasteiger charge is -2.20. The lowest BCUT2D eigenvalue weighted by atomic mass is 9.83. The molecule has 1 aromatic heterocycles. The highest BCUT2D eigenvalue weighted by atomic mass is 15.0. The molecule has 15 rings (SSSR count). The maximum atomic E-state index is 2.51. The number of hydrogen-bond acceptors (Lipinski definition) is 0. The van der Waals surface area contributed by atoms with E-state index in [0.29, 0.717) is 0 Å². The van der Waals surface area contributed by atoms with Crippen molar-refractivity contribution in [2.24, 2.45) is 0 Å². The number of hydrogen-bond donors (Lipinski definition) is 0. The van der Waals surface area contributed by atoms with Gasteiger partial charge >= 0.3 is 0 Å². The summed E-state index contributed by atoms with van der Waals surface area (Å²) >= 11 is 0. The predicted octanol–water partition coefficient (Wildman–Crippen LogP) is 19.0. The summed E-state index contributed by atoms with van der Waals surface area (Å²) < 4.78 is 2.51. The van der Waals surface area contributed by atoms with Crippen molar-refractivity contribution in [1.82, 2.24) is 4.57 Å². The highest BCUT2D eigenvalue weighted by Gasteiger charge is 2.22. The minimum Gasteiger partial charge on any atom is -0.309 e. The van der Waals surface area contributed by atoms with E-state index in [1.165, 1.54) is 147 Å². The molecular weight excluding hydrogens is 831 g/mol. The first-order valence-electron chi connectivity index (χ1n) is 24.0. The van der Waals surface area contributed by atoms with Crippen LogP contribution >= 0.6 is 0 Å². The van der Waals surface area contributed by atoms with Gasteiger partial charge in [0.1, 0.15) is 0 Å². The summed E-state index contributed by atoms with van der Waals surface area (Å²) in [6.07, 6.45) is 0. The van der Waals surface area contributed by atoms with Crippen molar-refractivity contribution in [3.8, 4) is 39.1 Å². The third-order valence-electron chi connectivity index (χ3n) is 15.1. The quantitative estimate of drug-likeness (QED) is 0.155. The summed E-state index contributed by atoms with van der Waals surface area (Å²) in [4.78, 5) is 0. The second-order valence-corrected chi connectivity index (χ2v) is 18.7. The Morgan fingerprint density at radius 1 is 0.217 bits per heavy atom. The molecule has 0 bridgehead atoms. The van der Waals surface area contributed by atoms with E-state index in [4.69, 9.17) is 0 Å². The molecule has 0 amide bonds. The third kappa shape index (κ3) is 5.65. The molecule has 318 valence electrons. The van der Waals surface area contributed by atoms with Crippen LogP contribution in [0.2, 0.25) is 0 Å². The van der Waals surface area contributed by atoms with Gasteiger partial charge in [-0.15, -0.1) is 0 Å². The molecule has 0 fully saturated rings. The van der Waals surface area contributed by atoms with Crippen LogP contribution in [0.25, 0.3) is 147 Å². The van der Waals surface area contributed by atoms with Crippen molar-refractivity contribution < 1.29 is 0 Å². The minimum atomic E-state index is 1.18. The van der Waals surface area contributed by atoms with E-state index in [1.54, 1.807) is 0 Å². The van der Waals surface area contributed by atoms with Crippen LogP contribution in [0.4, 0.5) is 0 Å². The Hall–Kier alpha value is -9.04. The fourth-order valence-corrected chi connectivity index (χ4v) is 12.0. The fourth-order valence-electron chi connectivity index (χ4n) is 12.0. The fraction of sp³-hybridized carbons (Fsp3) is 0. The third-order valence-corrected chi connectivity index (χ3v) is 15.1. The Morgan fingerprint density at radius 2 is 0.696 bits per heavy atom. The lowest BCUT2D eigenvalue weighted by molar-refractivity contribution is 1.20. The maximum Gasteiger partial charge on any atom is 0.0548 e. The van der Waals surface area contributed by atoms with Gasteiger partial charge in [-0.3, -0.25) is 0 Å². The van der Waals surface area contributed by atoms with E-state index in [1.807, 2.05) is 0 Å². The molecule has 0 radical (unpaired) electrons. The lowest BCUT2D eigenvalue weighted by Crippen LogP contribution is -1.96. The summed E-state index contributed by atoms with van der Waals surface area (Å²) in [5, 5.41) is 22.6. The van der Waals surface area contributed by atoms with Crippen molar-refractivity contribution in [3.05, 3.63) is 249 Å². The maximum absolute atomic E-state index is 2.51. The normalized spacial score (nSPS) is 12.1. The van der Waals surface area contributed by atoms with Gasteiger partial charge in [0, 0.05) is 16.2 Å². The van der Waals surface area contributed by atoms with Gasteiger partial charge in [0.05, 0.1) is 16.7 Å². The Balaban J connectivity index is 0.995. The van der Waals surface area contributed by atoms with E-state index in [-0.39, 0.29) is 0 Å². The molecule has 1 heteroatoms. The standard InChI is InChI=1S/C68H41N/c1-2-17-44(18-3-1)65-54-26-10-11-27-55(54)66(57-34-31-50(41-61(57)65)51-28-12-21-47-37-45-19-4-5-20-46(45)38-58(47)51)56-29-13-22-48-40-60-49(39-59(48)56)23-14-30-62(60)69-63-35-32-42-15-6-8-24-52(42)67(63)68-53-25-9-7-16-43(53)33-36-64(68)69/h1-41H. The van der Waals surface area contributed by atoms with Gasteiger partial charge in [-0.25, -0.2) is 0 Å². The van der Waals surface area contributed by atoms with Crippen LogP contribution in [-0.2, 0) is 0 Å². The number of benzene rings is 14. The van der Waals surface area contributed by atoms with Crippen LogP contribution in [0, 0.1) is 0 Å². The predicted molar refractivity (Wildman–Crippen MR) is 297 cm³/mol. The van der Waals surface area contributed by atoms with Gasteiger partial charge in [0.2, 0.25) is 0 Å². The summed E-state index contributed by atoms with van der Waals surface area (Å²) in [5.41, 5.74) is 11.0. The van der Waals surface area contributed by atoms with Crippen LogP contribution in [0.1, 0.15) is 0 Å². The van der Waals surface area contributed by atoms with Gasteiger partial charge in [0.25, 0.3) is 0 Å². The average Bonchev–Trinajstić information content (AvgIpc) is 3.76. The molecule has 0 aliphatic heterocycles. The molecule has 0 atom stereocenters. The summed E-state index contributed by atoms with van der Waals surface area (Å²) in [5.74, 6) is 0. The van der Waals surface area contributed by atoms with Crippen LogP contribution in [0.5, 0.6) is 0 Å². The summed E-state index contributed by atoms with van der Waals surface area (Å²) in [7, 11) is 0. The van der Waals surface area contributed by atoms with Crippen LogP contribution in [-0.4, -0.2) is 4.57 Å². The van der Waals surface area contributed by atoms with Crippen molar-refractivity contribution in [1.29, 1.82) is 0 Å². The van der Waals surface area contributed by atoms with Crippen LogP contribution < -0.4 is 0 Å². The molecule has 0 saturated carbocycles. The summed E-state index contributed by atoms with van der Waals surface area (Å²) in [6.45, 7) is 0. The largest absolute Gasteiger partial charge is 0.309 e. The minimum absolute atomic E-state index is 1.18. The molecule has 0 unspecified atom stereocenters. The van der Waals surface area contributed by atoms with Gasteiger partial charge in [-0.2, -0.15) is 0 Å². The van der Waals surface area contributed by atoms with Crippen LogP contribution in [0.3, 0.4) is 0 Å². The molecule has 1 heterocycles. The first kappa shape index (κ1) is 38.1. The molecule has 0 N–H and O–H groups in total. The highest BCUT2D eigenvalue weighted by molar-refractivity contribution is 6.29. The van der Waals surface area contributed by atoms with Gasteiger partial charge in [0.15, 0.2) is 0 Å². The monoisotopic (exact) mass is 871 g/mol. The van der Waals surface area contributed by atoms with E-state index >= 15 is 0 Å². The van der Waals surface area contributed by atoms with Crippen molar-refractivity contribution >= 4 is 108 Å². The topological polar surface area (TPSA) is 4.93 Å². The second kappa shape index (κ2) is 14.7. The van der Waals surface area contributed by atoms with E-state index in [9.17, 15) is 0 Å². The zero-order valence-corrected chi connectivity index (χ0v) is 37.6. The van der Waals surface area contributed by atoms with Crippen molar-refractivity contribution in [2.45, 2.75) is 0 Å². The molecule has 15 aromatic rings.